The van der Waals surface area contributed by atoms with Gasteiger partial charge >= 0.3 is 5.97 Å². The lowest BCUT2D eigenvalue weighted by molar-refractivity contribution is -0.137. The van der Waals surface area contributed by atoms with Crippen LogP contribution < -0.4 is 0 Å². The molecule has 0 bridgehead atoms. The Morgan fingerprint density at radius 2 is 2.06 bits per heavy atom. The van der Waals surface area contributed by atoms with Crippen molar-refractivity contribution in [1.82, 2.24) is 10.1 Å². The Balaban J connectivity index is 1.97. The van der Waals surface area contributed by atoms with Gasteiger partial charge in [0.1, 0.15) is 0 Å². The molecular formula is C12H12N2O3. The van der Waals surface area contributed by atoms with Gasteiger partial charge in [-0.3, -0.25) is 4.79 Å². The van der Waals surface area contributed by atoms with Crippen molar-refractivity contribution in [1.29, 1.82) is 0 Å². The Hall–Kier alpha value is -2.17. The highest BCUT2D eigenvalue weighted by molar-refractivity contribution is 5.66. The van der Waals surface area contributed by atoms with E-state index in [-0.39, 0.29) is 6.42 Å². The number of carboxylic acid groups (broad SMARTS) is 1. The number of aliphatic carboxylic acids is 1. The van der Waals surface area contributed by atoms with Crippen molar-refractivity contribution < 1.29 is 14.4 Å². The largest absolute Gasteiger partial charge is 0.481 e. The van der Waals surface area contributed by atoms with Crippen LogP contribution in [0.3, 0.4) is 0 Å². The van der Waals surface area contributed by atoms with E-state index in [2.05, 4.69) is 10.1 Å². The second-order valence-electron chi connectivity index (χ2n) is 3.66. The molecule has 1 aromatic heterocycles. The van der Waals surface area contributed by atoms with E-state index in [1.807, 2.05) is 30.3 Å². The van der Waals surface area contributed by atoms with Crippen LogP contribution in [0.5, 0.6) is 0 Å². The smallest absolute Gasteiger partial charge is 0.303 e. The third-order valence-electron chi connectivity index (χ3n) is 2.27. The van der Waals surface area contributed by atoms with Gasteiger partial charge in [0.2, 0.25) is 5.89 Å². The average molecular weight is 232 g/mol. The van der Waals surface area contributed by atoms with Crippen LogP contribution in [0.15, 0.2) is 34.9 Å². The summed E-state index contributed by atoms with van der Waals surface area (Å²) in [6.07, 6.45) is 0.888. The van der Waals surface area contributed by atoms with Crippen molar-refractivity contribution in [2.75, 3.05) is 0 Å². The molecule has 88 valence electrons. The minimum atomic E-state index is -0.862. The van der Waals surface area contributed by atoms with E-state index in [4.69, 9.17) is 9.63 Å². The van der Waals surface area contributed by atoms with E-state index < -0.39 is 5.97 Å². The monoisotopic (exact) mass is 232 g/mol. The topological polar surface area (TPSA) is 76.2 Å². The quantitative estimate of drug-likeness (QED) is 0.848. The molecule has 0 fully saturated rings. The fourth-order valence-electron chi connectivity index (χ4n) is 1.45. The molecule has 1 heterocycles. The summed E-state index contributed by atoms with van der Waals surface area (Å²) in [5.41, 5.74) is 1.08. The molecule has 2 aromatic rings. The summed E-state index contributed by atoms with van der Waals surface area (Å²) in [5.74, 6) is 0.0920. The van der Waals surface area contributed by atoms with E-state index >= 15 is 0 Å². The van der Waals surface area contributed by atoms with E-state index in [0.717, 1.165) is 5.56 Å². The van der Waals surface area contributed by atoms with Crippen LogP contribution in [0.1, 0.15) is 23.7 Å². The predicted octanol–water partition coefficient (Wildman–Crippen LogP) is 1.68. The second kappa shape index (κ2) is 5.25. The van der Waals surface area contributed by atoms with Gasteiger partial charge in [-0.25, -0.2) is 0 Å². The lowest BCUT2D eigenvalue weighted by atomic mass is 10.1. The van der Waals surface area contributed by atoms with Crippen LogP contribution in [0, 0.1) is 0 Å². The van der Waals surface area contributed by atoms with Crippen molar-refractivity contribution in [2.24, 2.45) is 0 Å². The number of carboxylic acids is 1. The summed E-state index contributed by atoms with van der Waals surface area (Å²) in [6, 6.07) is 9.77. The number of hydrogen-bond acceptors (Lipinski definition) is 4. The van der Waals surface area contributed by atoms with Gasteiger partial charge in [-0.1, -0.05) is 35.5 Å². The number of nitrogens with zero attached hydrogens (tertiary/aromatic N) is 2. The van der Waals surface area contributed by atoms with Gasteiger partial charge in [-0.15, -0.1) is 0 Å². The summed E-state index contributed by atoms with van der Waals surface area (Å²) in [5, 5.41) is 12.3. The first-order valence-electron chi connectivity index (χ1n) is 5.31. The fraction of sp³-hybridized carbons (Fsp3) is 0.250. The minimum Gasteiger partial charge on any atom is -0.481 e. The van der Waals surface area contributed by atoms with Gasteiger partial charge in [0.15, 0.2) is 5.82 Å². The van der Waals surface area contributed by atoms with Crippen molar-refractivity contribution in [2.45, 2.75) is 19.3 Å². The van der Waals surface area contributed by atoms with Gasteiger partial charge in [-0.2, -0.15) is 4.98 Å². The van der Waals surface area contributed by atoms with Crippen LogP contribution in [-0.4, -0.2) is 21.2 Å². The molecule has 5 nitrogen and oxygen atoms in total. The first kappa shape index (κ1) is 11.3. The Morgan fingerprint density at radius 1 is 1.29 bits per heavy atom. The van der Waals surface area contributed by atoms with Gasteiger partial charge in [0.05, 0.1) is 12.8 Å². The van der Waals surface area contributed by atoms with E-state index in [1.165, 1.54) is 0 Å². The number of carbonyl (C=O) groups is 1. The highest BCUT2D eigenvalue weighted by Crippen LogP contribution is 2.08. The maximum absolute atomic E-state index is 10.4. The molecule has 17 heavy (non-hydrogen) atoms. The van der Waals surface area contributed by atoms with Gasteiger partial charge < -0.3 is 9.63 Å². The summed E-state index contributed by atoms with van der Waals surface area (Å²) in [4.78, 5) is 14.5. The Labute approximate surface area is 98.1 Å². The highest BCUT2D eigenvalue weighted by Gasteiger charge is 2.08. The first-order chi connectivity index (χ1) is 8.24. The van der Waals surface area contributed by atoms with Crippen LogP contribution in [0.2, 0.25) is 0 Å². The Bertz CT molecular complexity index is 493. The molecule has 0 aliphatic rings. The SMILES string of the molecule is O=C(O)CCc1noc(Cc2ccccc2)n1. The van der Waals surface area contributed by atoms with Crippen molar-refractivity contribution >= 4 is 5.97 Å². The molecule has 1 aromatic carbocycles. The van der Waals surface area contributed by atoms with E-state index in [0.29, 0.717) is 24.6 Å². The summed E-state index contributed by atoms with van der Waals surface area (Å²) in [6.45, 7) is 0. The molecule has 0 aliphatic heterocycles. The number of hydrogen-bond donors (Lipinski definition) is 1. The highest BCUT2D eigenvalue weighted by atomic mass is 16.5. The molecule has 0 amide bonds. The Morgan fingerprint density at radius 3 is 2.76 bits per heavy atom. The zero-order chi connectivity index (χ0) is 12.1. The number of rotatable bonds is 5. The zero-order valence-electron chi connectivity index (χ0n) is 9.17. The molecule has 0 aliphatic carbocycles. The van der Waals surface area contributed by atoms with E-state index in [1.54, 1.807) is 0 Å². The molecule has 0 atom stereocenters. The molecule has 0 unspecified atom stereocenters. The number of aryl methyl sites for hydroxylation is 1. The lowest BCUT2D eigenvalue weighted by Gasteiger charge is -1.93. The third-order valence-corrected chi connectivity index (χ3v) is 2.27. The molecule has 2 rings (SSSR count). The zero-order valence-corrected chi connectivity index (χ0v) is 9.17. The predicted molar refractivity (Wildman–Crippen MR) is 59.5 cm³/mol. The normalized spacial score (nSPS) is 10.4. The standard InChI is InChI=1S/C12H12N2O3/c15-12(16)7-6-10-13-11(17-14-10)8-9-4-2-1-3-5-9/h1-5H,6-8H2,(H,15,16). The van der Waals surface area contributed by atoms with Crippen molar-refractivity contribution in [3.05, 3.63) is 47.6 Å². The van der Waals surface area contributed by atoms with Crippen molar-refractivity contribution in [3.8, 4) is 0 Å². The molecule has 0 saturated carbocycles. The lowest BCUT2D eigenvalue weighted by Crippen LogP contribution is -1.99. The van der Waals surface area contributed by atoms with Crippen LogP contribution >= 0.6 is 0 Å². The van der Waals surface area contributed by atoms with Gasteiger partial charge in [0, 0.05) is 6.42 Å². The average Bonchev–Trinajstić information content (AvgIpc) is 2.75. The Kier molecular flexibility index (Phi) is 3.49. The number of aromatic nitrogens is 2. The van der Waals surface area contributed by atoms with Crippen LogP contribution in [-0.2, 0) is 17.6 Å². The molecule has 0 radical (unpaired) electrons. The third kappa shape index (κ3) is 3.41. The molecule has 0 spiro atoms. The molecule has 0 saturated heterocycles. The number of benzene rings is 1. The summed E-state index contributed by atoms with van der Waals surface area (Å²) >= 11 is 0. The summed E-state index contributed by atoms with van der Waals surface area (Å²) < 4.78 is 5.05. The van der Waals surface area contributed by atoms with Gasteiger partial charge in [-0.05, 0) is 5.56 Å². The second-order valence-corrected chi connectivity index (χ2v) is 3.66. The summed E-state index contributed by atoms with van der Waals surface area (Å²) in [7, 11) is 0. The van der Waals surface area contributed by atoms with E-state index in [9.17, 15) is 4.79 Å². The van der Waals surface area contributed by atoms with Crippen LogP contribution in [0.25, 0.3) is 0 Å². The molecule has 5 heteroatoms. The fourth-order valence-corrected chi connectivity index (χ4v) is 1.45. The maximum Gasteiger partial charge on any atom is 0.303 e. The van der Waals surface area contributed by atoms with Crippen LogP contribution in [0.4, 0.5) is 0 Å². The first-order valence-corrected chi connectivity index (χ1v) is 5.31. The molecule has 1 N–H and O–H groups in total. The maximum atomic E-state index is 10.4. The minimum absolute atomic E-state index is 0.0182. The molecular weight excluding hydrogens is 220 g/mol. The van der Waals surface area contributed by atoms with Gasteiger partial charge in [0.25, 0.3) is 0 Å². The van der Waals surface area contributed by atoms with Crippen molar-refractivity contribution in [3.63, 3.8) is 0 Å².